The molecule has 1 fully saturated rings. The summed E-state index contributed by atoms with van der Waals surface area (Å²) in [5.41, 5.74) is 1.11. The van der Waals surface area contributed by atoms with Crippen LogP contribution in [0.3, 0.4) is 0 Å². The summed E-state index contributed by atoms with van der Waals surface area (Å²) in [7, 11) is 1.49. The Morgan fingerprint density at radius 2 is 1.98 bits per heavy atom. The molecule has 0 radical (unpaired) electrons. The van der Waals surface area contributed by atoms with Crippen molar-refractivity contribution in [2.24, 2.45) is 0 Å². The van der Waals surface area contributed by atoms with Crippen molar-refractivity contribution in [3.05, 3.63) is 83.9 Å². The van der Waals surface area contributed by atoms with Gasteiger partial charge in [0.2, 0.25) is 0 Å². The number of ether oxygens (including phenoxy) is 2. The Hall–Kier alpha value is -4.58. The topological polar surface area (TPSA) is 122 Å². The smallest absolute Gasteiger partial charge is 0.331 e. The SMILES string of the molecule is C=CC(=O)[C@]1(NC(=O)c2sc3nccc4c3c2NC(=O)N4c2ccc(Oc3ccccc3)cc2C)CNC[C@@H]1OC. The number of carbonyl (C=O) groups is 3. The van der Waals surface area contributed by atoms with E-state index in [0.717, 1.165) is 16.9 Å². The number of nitrogens with one attached hydrogen (secondary N) is 3. The molecule has 0 aliphatic carbocycles. The van der Waals surface area contributed by atoms with Crippen LogP contribution < -0.4 is 25.6 Å². The fourth-order valence-corrected chi connectivity index (χ4v) is 6.41. The lowest BCUT2D eigenvalue weighted by Gasteiger charge is -2.32. The van der Waals surface area contributed by atoms with Crippen LogP contribution in [0.25, 0.3) is 10.2 Å². The maximum atomic E-state index is 13.7. The molecule has 0 bridgehead atoms. The molecule has 2 aromatic heterocycles. The zero-order valence-corrected chi connectivity index (χ0v) is 23.2. The van der Waals surface area contributed by atoms with Gasteiger partial charge < -0.3 is 25.4 Å². The van der Waals surface area contributed by atoms with Gasteiger partial charge in [0.1, 0.15) is 32.8 Å². The third kappa shape index (κ3) is 4.44. The molecule has 2 aromatic carbocycles. The van der Waals surface area contributed by atoms with Gasteiger partial charge in [-0.2, -0.15) is 0 Å². The minimum atomic E-state index is -1.32. The first-order valence-corrected chi connectivity index (χ1v) is 13.8. The number of carbonyl (C=O) groups excluding carboxylic acids is 3. The second-order valence-electron chi connectivity index (χ2n) is 9.79. The summed E-state index contributed by atoms with van der Waals surface area (Å²) < 4.78 is 11.5. The van der Waals surface area contributed by atoms with Gasteiger partial charge in [0.15, 0.2) is 5.78 Å². The summed E-state index contributed by atoms with van der Waals surface area (Å²) >= 11 is 1.15. The summed E-state index contributed by atoms with van der Waals surface area (Å²) in [6.07, 6.45) is 2.21. The number of pyridine rings is 1. The number of ketones is 1. The molecule has 2 aliphatic heterocycles. The Morgan fingerprint density at radius 1 is 1.17 bits per heavy atom. The summed E-state index contributed by atoms with van der Waals surface area (Å²) in [4.78, 5) is 47.1. The number of hydrogen-bond donors (Lipinski definition) is 3. The first-order valence-electron chi connectivity index (χ1n) is 13.0. The van der Waals surface area contributed by atoms with E-state index in [2.05, 4.69) is 27.5 Å². The van der Waals surface area contributed by atoms with Gasteiger partial charge in [0.25, 0.3) is 5.91 Å². The first-order chi connectivity index (χ1) is 19.9. The van der Waals surface area contributed by atoms with Crippen molar-refractivity contribution < 1.29 is 23.9 Å². The molecule has 0 saturated carbocycles. The monoisotopic (exact) mass is 569 g/mol. The summed E-state index contributed by atoms with van der Waals surface area (Å²) in [5.74, 6) is 0.481. The predicted molar refractivity (Wildman–Crippen MR) is 158 cm³/mol. The normalized spacial score (nSPS) is 19.6. The van der Waals surface area contributed by atoms with Crippen molar-refractivity contribution in [2.45, 2.75) is 18.6 Å². The van der Waals surface area contributed by atoms with Gasteiger partial charge in [-0.25, -0.2) is 9.78 Å². The van der Waals surface area contributed by atoms with Crippen molar-refractivity contribution >= 4 is 56.3 Å². The van der Waals surface area contributed by atoms with Gasteiger partial charge in [0, 0.05) is 26.4 Å². The van der Waals surface area contributed by atoms with E-state index in [0.29, 0.717) is 45.3 Å². The number of amides is 3. The summed E-state index contributed by atoms with van der Waals surface area (Å²) in [6.45, 7) is 6.09. The molecule has 1 saturated heterocycles. The number of methoxy groups -OCH3 is 1. The number of aromatic nitrogens is 1. The molecule has 3 amide bonds. The van der Waals surface area contributed by atoms with Crippen LogP contribution in [0.1, 0.15) is 15.2 Å². The quantitative estimate of drug-likeness (QED) is 0.258. The fraction of sp³-hybridized carbons (Fsp3) is 0.200. The van der Waals surface area contributed by atoms with Crippen LogP contribution in [-0.2, 0) is 9.53 Å². The molecule has 11 heteroatoms. The Bertz CT molecular complexity index is 1700. The van der Waals surface area contributed by atoms with Crippen molar-refractivity contribution in [1.29, 1.82) is 0 Å². The van der Waals surface area contributed by atoms with Crippen molar-refractivity contribution in [1.82, 2.24) is 15.6 Å². The number of nitrogens with zero attached hydrogens (tertiary/aromatic N) is 2. The highest BCUT2D eigenvalue weighted by Crippen LogP contribution is 2.46. The summed E-state index contributed by atoms with van der Waals surface area (Å²) in [6, 6.07) is 16.3. The Morgan fingerprint density at radius 3 is 2.71 bits per heavy atom. The van der Waals surface area contributed by atoms with E-state index in [1.165, 1.54) is 13.2 Å². The van der Waals surface area contributed by atoms with E-state index in [1.54, 1.807) is 23.2 Å². The van der Waals surface area contributed by atoms with Crippen LogP contribution in [0.5, 0.6) is 11.5 Å². The van der Waals surface area contributed by atoms with E-state index in [4.69, 9.17) is 9.47 Å². The van der Waals surface area contributed by atoms with Gasteiger partial charge >= 0.3 is 6.03 Å². The van der Waals surface area contributed by atoms with Crippen LogP contribution in [0.4, 0.5) is 21.9 Å². The lowest BCUT2D eigenvalue weighted by molar-refractivity contribution is -0.123. The van der Waals surface area contributed by atoms with Crippen LogP contribution in [0, 0.1) is 6.92 Å². The maximum Gasteiger partial charge on any atom is 0.331 e. The number of thiophene rings is 1. The fourth-order valence-electron chi connectivity index (χ4n) is 5.40. The highest BCUT2D eigenvalue weighted by atomic mass is 32.1. The lowest BCUT2D eigenvalue weighted by Crippen LogP contribution is -2.62. The van der Waals surface area contributed by atoms with Gasteiger partial charge in [-0.3, -0.25) is 14.5 Å². The van der Waals surface area contributed by atoms with Gasteiger partial charge in [0.05, 0.1) is 22.4 Å². The van der Waals surface area contributed by atoms with E-state index in [-0.39, 0.29) is 17.2 Å². The summed E-state index contributed by atoms with van der Waals surface area (Å²) in [5, 5.41) is 9.55. The molecule has 6 rings (SSSR count). The van der Waals surface area contributed by atoms with Crippen molar-refractivity contribution in [3.8, 4) is 11.5 Å². The molecule has 4 aromatic rings. The van der Waals surface area contributed by atoms with E-state index in [1.807, 2.05) is 49.4 Å². The zero-order chi connectivity index (χ0) is 28.7. The largest absolute Gasteiger partial charge is 0.457 e. The van der Waals surface area contributed by atoms with Gasteiger partial charge in [-0.15, -0.1) is 11.3 Å². The molecule has 4 heterocycles. The highest BCUT2D eigenvalue weighted by molar-refractivity contribution is 7.21. The number of rotatable bonds is 8. The molecular formula is C30H27N5O5S. The standard InChI is InChI=1S/C30H27N5O5S/c1-4-22(36)30(16-31-15-23(30)39-3)34-27(37)26-25-24-21(12-13-32-28(24)41-26)35(29(38)33-25)20-11-10-19(14-17(20)2)40-18-8-6-5-7-9-18/h4-14,23,31H,1,15-16H2,2-3H3,(H,33,38)(H,34,37)/t23-,30+/m0/s1. The van der Waals surface area contributed by atoms with E-state index < -0.39 is 23.6 Å². The Balaban J connectivity index is 1.36. The third-order valence-corrected chi connectivity index (χ3v) is 8.47. The van der Waals surface area contributed by atoms with E-state index in [9.17, 15) is 14.4 Å². The van der Waals surface area contributed by atoms with Gasteiger partial charge in [-0.05, 0) is 55.0 Å². The Kier molecular flexibility index (Phi) is 6.78. The average Bonchev–Trinajstić information content (AvgIpc) is 3.56. The number of benzene rings is 2. The molecule has 3 N–H and O–H groups in total. The Labute approximate surface area is 240 Å². The van der Waals surface area contributed by atoms with Crippen LogP contribution >= 0.6 is 11.3 Å². The molecule has 2 aliphatic rings. The lowest BCUT2D eigenvalue weighted by atomic mass is 9.89. The molecule has 41 heavy (non-hydrogen) atoms. The van der Waals surface area contributed by atoms with Crippen LogP contribution in [-0.4, -0.2) is 54.5 Å². The highest BCUT2D eigenvalue weighted by Gasteiger charge is 2.50. The predicted octanol–water partition coefficient (Wildman–Crippen LogP) is 4.92. The van der Waals surface area contributed by atoms with Gasteiger partial charge in [-0.1, -0.05) is 24.8 Å². The van der Waals surface area contributed by atoms with E-state index >= 15 is 0 Å². The second kappa shape index (κ2) is 10.4. The number of aryl methyl sites for hydroxylation is 1. The van der Waals surface area contributed by atoms with Crippen LogP contribution in [0.15, 0.2) is 73.4 Å². The molecule has 2 atom stereocenters. The first kappa shape index (κ1) is 26.6. The minimum Gasteiger partial charge on any atom is -0.457 e. The second-order valence-corrected chi connectivity index (χ2v) is 10.8. The number of urea groups is 1. The molecule has 0 spiro atoms. The number of anilines is 3. The van der Waals surface area contributed by atoms with Crippen LogP contribution in [0.2, 0.25) is 0 Å². The molecule has 208 valence electrons. The van der Waals surface area contributed by atoms with Crippen molar-refractivity contribution in [2.75, 3.05) is 30.4 Å². The molecule has 0 unspecified atom stereocenters. The number of para-hydroxylation sites is 1. The number of hydrogen-bond acceptors (Lipinski definition) is 8. The zero-order valence-electron chi connectivity index (χ0n) is 22.4. The third-order valence-electron chi connectivity index (χ3n) is 7.37. The minimum absolute atomic E-state index is 0.190. The van der Waals surface area contributed by atoms with Crippen molar-refractivity contribution in [3.63, 3.8) is 0 Å². The molecule has 10 nitrogen and oxygen atoms in total. The maximum absolute atomic E-state index is 13.7. The average molecular weight is 570 g/mol. The molecular weight excluding hydrogens is 542 g/mol.